The van der Waals surface area contributed by atoms with E-state index < -0.39 is 5.54 Å². The summed E-state index contributed by atoms with van der Waals surface area (Å²) in [6.45, 7) is 2.53. The van der Waals surface area contributed by atoms with E-state index in [9.17, 15) is 9.18 Å². The van der Waals surface area contributed by atoms with E-state index in [1.807, 2.05) is 6.92 Å². The smallest absolute Gasteiger partial charge is 0.256 e. The van der Waals surface area contributed by atoms with Gasteiger partial charge in [-0.2, -0.15) is 15.0 Å². The molecule has 10 heteroatoms. The minimum atomic E-state index is -0.684. The Hall–Kier alpha value is -2.78. The van der Waals surface area contributed by atoms with Crippen LogP contribution < -0.4 is 0 Å². The van der Waals surface area contributed by atoms with Crippen molar-refractivity contribution in [2.75, 3.05) is 6.54 Å². The first kappa shape index (κ1) is 20.1. The predicted molar refractivity (Wildman–Crippen MR) is 118 cm³/mol. The van der Waals surface area contributed by atoms with Gasteiger partial charge in [0.05, 0.1) is 44.7 Å². The number of imidazole rings is 1. The van der Waals surface area contributed by atoms with Gasteiger partial charge in [-0.05, 0) is 60.0 Å². The summed E-state index contributed by atoms with van der Waals surface area (Å²) in [4.78, 5) is 24.8. The Kier molecular flexibility index (Phi) is 4.82. The second kappa shape index (κ2) is 7.42. The molecule has 2 aromatic heterocycles. The van der Waals surface area contributed by atoms with Crippen LogP contribution in [-0.2, 0) is 5.54 Å². The van der Waals surface area contributed by atoms with Crippen molar-refractivity contribution < 1.29 is 9.18 Å². The van der Waals surface area contributed by atoms with Crippen LogP contribution in [0.4, 0.5) is 4.39 Å². The van der Waals surface area contributed by atoms with Gasteiger partial charge in [0.2, 0.25) is 0 Å². The number of hydrogen-bond donors (Lipinski definition) is 1. The molecule has 0 bridgehead atoms. The molecule has 31 heavy (non-hydrogen) atoms. The number of nitrogens with one attached hydrogen (secondary N) is 1. The molecule has 0 radical (unpaired) electrons. The molecule has 1 atom stereocenters. The molecule has 5 rings (SSSR count). The average molecular weight is 504 g/mol. The van der Waals surface area contributed by atoms with E-state index >= 15 is 0 Å². The van der Waals surface area contributed by atoms with Crippen molar-refractivity contribution >= 4 is 44.5 Å². The fourth-order valence-electron chi connectivity index (χ4n) is 4.13. The van der Waals surface area contributed by atoms with Crippen molar-refractivity contribution in [3.8, 4) is 5.69 Å². The van der Waals surface area contributed by atoms with Gasteiger partial charge in [-0.1, -0.05) is 11.6 Å². The van der Waals surface area contributed by atoms with E-state index in [2.05, 4.69) is 36.1 Å². The quantitative estimate of drug-likeness (QED) is 0.433. The zero-order valence-corrected chi connectivity index (χ0v) is 18.8. The van der Waals surface area contributed by atoms with Gasteiger partial charge in [-0.15, -0.1) is 0 Å². The normalized spacial score (nSPS) is 18.8. The Labute approximate surface area is 190 Å². The van der Waals surface area contributed by atoms with E-state index in [0.29, 0.717) is 44.1 Å². The van der Waals surface area contributed by atoms with Gasteiger partial charge in [0, 0.05) is 17.6 Å². The number of amides is 1. The number of carbonyl (C=O) groups excluding carboxylic acids is 1. The standard InChI is InChI=1S/C21H17BrClFN6O/c1-21(20-27-16-10-14(22)15(24)11-17(16)28-20)5-2-8-29(21)19(31)13-9-12(23)3-4-18(13)30-25-6-7-26-30/h3-4,6-7,9-11H,2,5,8H2,1H3,(H,27,28). The summed E-state index contributed by atoms with van der Waals surface area (Å²) in [6, 6.07) is 8.09. The number of benzene rings is 2. The molecule has 0 aliphatic carbocycles. The minimum absolute atomic E-state index is 0.192. The first-order valence-corrected chi connectivity index (χ1v) is 10.9. The van der Waals surface area contributed by atoms with Crippen LogP contribution in [0.15, 0.2) is 47.2 Å². The molecule has 7 nitrogen and oxygen atoms in total. The SMILES string of the molecule is CC1(c2nc3cc(Br)c(F)cc3[nH]2)CCCN1C(=O)c1cc(Cl)ccc1-n1nccn1. The fraction of sp³-hybridized carbons (Fsp3) is 0.238. The summed E-state index contributed by atoms with van der Waals surface area (Å²) in [5.74, 6) is 0.0526. The topological polar surface area (TPSA) is 79.7 Å². The lowest BCUT2D eigenvalue weighted by atomic mass is 9.97. The molecule has 1 unspecified atom stereocenters. The number of aromatic nitrogens is 5. The predicted octanol–water partition coefficient (Wildman–Crippen LogP) is 4.85. The number of rotatable bonds is 3. The fourth-order valence-corrected chi connectivity index (χ4v) is 4.64. The van der Waals surface area contributed by atoms with Gasteiger partial charge in [-0.25, -0.2) is 9.37 Å². The van der Waals surface area contributed by atoms with Crippen LogP contribution in [0, 0.1) is 5.82 Å². The molecule has 1 saturated heterocycles. The maximum atomic E-state index is 14.0. The van der Waals surface area contributed by atoms with Crippen molar-refractivity contribution in [2.45, 2.75) is 25.3 Å². The third-order valence-electron chi connectivity index (χ3n) is 5.74. The highest BCUT2D eigenvalue weighted by atomic mass is 79.9. The third kappa shape index (κ3) is 3.32. The Balaban J connectivity index is 1.58. The van der Waals surface area contributed by atoms with Gasteiger partial charge in [-0.3, -0.25) is 4.79 Å². The van der Waals surface area contributed by atoms with Crippen LogP contribution in [0.25, 0.3) is 16.7 Å². The molecule has 0 saturated carbocycles. The van der Waals surface area contributed by atoms with Crippen LogP contribution in [0.1, 0.15) is 35.9 Å². The summed E-state index contributed by atoms with van der Waals surface area (Å²) in [5.41, 5.74) is 1.48. The maximum absolute atomic E-state index is 14.0. The average Bonchev–Trinajstić information content (AvgIpc) is 3.48. The van der Waals surface area contributed by atoms with Gasteiger partial charge in [0.15, 0.2) is 0 Å². The van der Waals surface area contributed by atoms with Crippen LogP contribution in [0.3, 0.4) is 0 Å². The lowest BCUT2D eigenvalue weighted by molar-refractivity contribution is 0.0605. The van der Waals surface area contributed by atoms with E-state index in [4.69, 9.17) is 11.6 Å². The molecule has 1 aliphatic heterocycles. The van der Waals surface area contributed by atoms with Gasteiger partial charge in [0.1, 0.15) is 11.6 Å². The number of halogens is 3. The lowest BCUT2D eigenvalue weighted by Crippen LogP contribution is -2.44. The highest BCUT2D eigenvalue weighted by Gasteiger charge is 2.44. The van der Waals surface area contributed by atoms with Crippen molar-refractivity contribution in [1.29, 1.82) is 0 Å². The first-order chi connectivity index (χ1) is 14.9. The molecule has 1 amide bonds. The molecule has 1 fully saturated rings. The Morgan fingerprint density at radius 1 is 1.26 bits per heavy atom. The van der Waals surface area contributed by atoms with Crippen LogP contribution in [-0.4, -0.2) is 42.3 Å². The lowest BCUT2D eigenvalue weighted by Gasteiger charge is -2.34. The first-order valence-electron chi connectivity index (χ1n) is 9.70. The number of carbonyl (C=O) groups is 1. The number of H-pyrrole nitrogens is 1. The summed E-state index contributed by atoms with van der Waals surface area (Å²) >= 11 is 9.42. The summed E-state index contributed by atoms with van der Waals surface area (Å²) in [7, 11) is 0. The van der Waals surface area contributed by atoms with E-state index in [1.165, 1.54) is 10.9 Å². The van der Waals surface area contributed by atoms with E-state index in [0.717, 1.165) is 12.8 Å². The molecular formula is C21H17BrClFN6O. The number of hydrogen-bond acceptors (Lipinski definition) is 4. The van der Waals surface area contributed by atoms with Crippen molar-refractivity contribution in [1.82, 2.24) is 29.9 Å². The molecule has 158 valence electrons. The number of fused-ring (bicyclic) bond motifs is 1. The Bertz CT molecular complexity index is 1270. The third-order valence-corrected chi connectivity index (χ3v) is 6.59. The van der Waals surface area contributed by atoms with E-state index in [-0.39, 0.29) is 11.7 Å². The van der Waals surface area contributed by atoms with Gasteiger partial charge >= 0.3 is 0 Å². The number of likely N-dealkylation sites (tertiary alicyclic amines) is 1. The summed E-state index contributed by atoms with van der Waals surface area (Å²) in [6.07, 6.45) is 4.63. The summed E-state index contributed by atoms with van der Waals surface area (Å²) in [5, 5.41) is 8.77. The second-order valence-corrected chi connectivity index (χ2v) is 8.97. The summed E-state index contributed by atoms with van der Waals surface area (Å²) < 4.78 is 14.3. The van der Waals surface area contributed by atoms with Crippen molar-refractivity contribution in [3.05, 3.63) is 69.4 Å². The molecule has 3 heterocycles. The number of aromatic amines is 1. The zero-order chi connectivity index (χ0) is 21.8. The van der Waals surface area contributed by atoms with E-state index in [1.54, 1.807) is 41.6 Å². The zero-order valence-electron chi connectivity index (χ0n) is 16.4. The van der Waals surface area contributed by atoms with Gasteiger partial charge in [0.25, 0.3) is 5.91 Å². The van der Waals surface area contributed by atoms with Gasteiger partial charge < -0.3 is 9.88 Å². The molecule has 1 aliphatic rings. The molecule has 1 N–H and O–H groups in total. The minimum Gasteiger partial charge on any atom is -0.340 e. The molecule has 0 spiro atoms. The van der Waals surface area contributed by atoms with Crippen molar-refractivity contribution in [3.63, 3.8) is 0 Å². The molecular weight excluding hydrogens is 487 g/mol. The van der Waals surface area contributed by atoms with Crippen LogP contribution >= 0.6 is 27.5 Å². The van der Waals surface area contributed by atoms with Crippen LogP contribution in [0.5, 0.6) is 0 Å². The Morgan fingerprint density at radius 3 is 2.81 bits per heavy atom. The molecule has 4 aromatic rings. The number of nitrogens with zero attached hydrogens (tertiary/aromatic N) is 5. The highest BCUT2D eigenvalue weighted by molar-refractivity contribution is 9.10. The molecule has 2 aromatic carbocycles. The highest BCUT2D eigenvalue weighted by Crippen LogP contribution is 2.40. The maximum Gasteiger partial charge on any atom is 0.256 e. The van der Waals surface area contributed by atoms with Crippen molar-refractivity contribution in [2.24, 2.45) is 0 Å². The Morgan fingerprint density at radius 2 is 2.03 bits per heavy atom. The second-order valence-electron chi connectivity index (χ2n) is 7.68. The monoisotopic (exact) mass is 502 g/mol. The largest absolute Gasteiger partial charge is 0.340 e. The van der Waals surface area contributed by atoms with Crippen LogP contribution in [0.2, 0.25) is 5.02 Å².